The van der Waals surface area contributed by atoms with Crippen molar-refractivity contribution in [3.05, 3.63) is 35.9 Å². The molecule has 0 N–H and O–H groups in total. The summed E-state index contributed by atoms with van der Waals surface area (Å²) in [6.45, 7) is 0. The smallest absolute Gasteiger partial charge is 0.0927 e. The first kappa shape index (κ1) is 10.2. The number of rotatable bonds is 2. The van der Waals surface area contributed by atoms with E-state index < -0.39 is 0 Å². The molecule has 0 aliphatic carbocycles. The average Bonchev–Trinajstić information content (AvgIpc) is 2.18. The van der Waals surface area contributed by atoms with E-state index in [1.165, 1.54) is 11.0 Å². The fraction of sp³-hybridized carbons (Fsp3) is 0.100. The molecule has 1 rings (SSSR count). The van der Waals surface area contributed by atoms with E-state index in [2.05, 4.69) is 0 Å². The van der Waals surface area contributed by atoms with Crippen molar-refractivity contribution in [2.24, 2.45) is 0 Å². The number of hydrogen-bond donors (Lipinski definition) is 0. The summed E-state index contributed by atoms with van der Waals surface area (Å²) in [5, 5.41) is 8.87. The summed E-state index contributed by atoms with van der Waals surface area (Å²) < 4.78 is 0. The van der Waals surface area contributed by atoms with Crippen LogP contribution in [0.1, 0.15) is 5.56 Å². The van der Waals surface area contributed by atoms with Gasteiger partial charge in [0.1, 0.15) is 0 Å². The van der Waals surface area contributed by atoms with E-state index in [0.717, 1.165) is 5.56 Å². The first-order valence-corrected chi connectivity index (χ1v) is 5.28. The molecular weight excluding hydrogens is 202 g/mol. The summed E-state index contributed by atoms with van der Waals surface area (Å²) in [5.74, 6) is 0. The maximum atomic E-state index is 8.38. The Balaban J connectivity index is 2.94. The summed E-state index contributed by atoms with van der Waals surface area (Å²) >= 11 is 7.51. The predicted octanol–water partition coefficient (Wildman–Crippen LogP) is 3.51. The maximum absolute atomic E-state index is 8.38. The fourth-order valence-corrected chi connectivity index (χ4v) is 1.47. The van der Waals surface area contributed by atoms with Gasteiger partial charge in [-0.2, -0.15) is 5.26 Å². The predicted molar refractivity (Wildman–Crippen MR) is 57.7 cm³/mol. The molecule has 0 bridgehead atoms. The molecule has 0 spiro atoms. The summed E-state index contributed by atoms with van der Waals surface area (Å²) in [7, 11) is 0. The standard InChI is InChI=1S/C10H8ClNS/c1-13-9-4-2-8(3-5-9)10(11)6-7-12/h2-6H,1H3/b10-6-. The minimum absolute atomic E-state index is 0.482. The van der Waals surface area contributed by atoms with Gasteiger partial charge in [-0.1, -0.05) is 23.7 Å². The monoisotopic (exact) mass is 209 g/mol. The number of nitrogens with zero attached hydrogens (tertiary/aromatic N) is 1. The molecule has 0 aliphatic rings. The van der Waals surface area contributed by atoms with Gasteiger partial charge in [-0.15, -0.1) is 11.8 Å². The molecule has 13 heavy (non-hydrogen) atoms. The van der Waals surface area contributed by atoms with E-state index in [9.17, 15) is 0 Å². The molecule has 0 aliphatic heterocycles. The van der Waals surface area contributed by atoms with Gasteiger partial charge >= 0.3 is 0 Å². The van der Waals surface area contributed by atoms with Gasteiger partial charge < -0.3 is 0 Å². The van der Waals surface area contributed by atoms with Gasteiger partial charge in [-0.25, -0.2) is 0 Å². The summed E-state index contributed by atoms with van der Waals surface area (Å²) in [6.07, 6.45) is 3.34. The van der Waals surface area contributed by atoms with E-state index in [4.69, 9.17) is 16.9 Å². The van der Waals surface area contributed by atoms with Gasteiger partial charge in [-0.05, 0) is 24.0 Å². The Morgan fingerprint density at radius 3 is 2.54 bits per heavy atom. The van der Waals surface area contributed by atoms with Crippen LogP contribution in [-0.4, -0.2) is 6.26 Å². The van der Waals surface area contributed by atoms with Crippen molar-refractivity contribution in [3.63, 3.8) is 0 Å². The first-order chi connectivity index (χ1) is 6.27. The van der Waals surface area contributed by atoms with Crippen molar-refractivity contribution in [3.8, 4) is 6.07 Å². The maximum Gasteiger partial charge on any atom is 0.0927 e. The average molecular weight is 210 g/mol. The van der Waals surface area contributed by atoms with Gasteiger partial charge in [0.25, 0.3) is 0 Å². The third-order valence-corrected chi connectivity index (χ3v) is 2.63. The lowest BCUT2D eigenvalue weighted by molar-refractivity contribution is 1.45. The van der Waals surface area contributed by atoms with Crippen molar-refractivity contribution < 1.29 is 0 Å². The van der Waals surface area contributed by atoms with Gasteiger partial charge in [0.2, 0.25) is 0 Å². The number of nitriles is 1. The Morgan fingerprint density at radius 1 is 1.46 bits per heavy atom. The third kappa shape index (κ3) is 2.80. The third-order valence-electron chi connectivity index (χ3n) is 1.56. The largest absolute Gasteiger partial charge is 0.193 e. The Morgan fingerprint density at radius 2 is 2.08 bits per heavy atom. The van der Waals surface area contributed by atoms with Crippen molar-refractivity contribution in [2.45, 2.75) is 4.90 Å². The number of allylic oxidation sites excluding steroid dienone is 1. The van der Waals surface area contributed by atoms with Crippen LogP contribution in [0.4, 0.5) is 0 Å². The molecule has 0 fully saturated rings. The fourth-order valence-electron chi connectivity index (χ4n) is 0.890. The van der Waals surface area contributed by atoms with Crippen LogP contribution in [0.15, 0.2) is 35.2 Å². The molecule has 0 saturated carbocycles. The lowest BCUT2D eigenvalue weighted by Crippen LogP contribution is -1.76. The van der Waals surface area contributed by atoms with Crippen LogP contribution in [0, 0.1) is 11.3 Å². The van der Waals surface area contributed by atoms with Crippen LogP contribution in [-0.2, 0) is 0 Å². The normalized spacial score (nSPS) is 11.0. The number of thioether (sulfide) groups is 1. The summed E-state index contributed by atoms with van der Waals surface area (Å²) in [6, 6.07) is 9.66. The van der Waals surface area contributed by atoms with Gasteiger partial charge in [-0.3, -0.25) is 0 Å². The van der Waals surface area contributed by atoms with Crippen LogP contribution in [0.25, 0.3) is 5.03 Å². The highest BCUT2D eigenvalue weighted by molar-refractivity contribution is 7.98. The Bertz CT molecular complexity index is 348. The van der Waals surface area contributed by atoms with E-state index >= 15 is 0 Å². The van der Waals surface area contributed by atoms with Crippen molar-refractivity contribution >= 4 is 28.4 Å². The van der Waals surface area contributed by atoms with E-state index in [1.54, 1.807) is 11.8 Å². The second kappa shape index (κ2) is 4.96. The second-order valence-electron chi connectivity index (χ2n) is 2.35. The Labute approximate surface area is 87.0 Å². The molecule has 0 atom stereocenters. The molecule has 0 heterocycles. The molecule has 0 radical (unpaired) electrons. The molecule has 66 valence electrons. The topological polar surface area (TPSA) is 23.8 Å². The second-order valence-corrected chi connectivity index (χ2v) is 3.64. The zero-order chi connectivity index (χ0) is 9.68. The molecule has 0 aromatic heterocycles. The highest BCUT2D eigenvalue weighted by Crippen LogP contribution is 2.21. The number of halogens is 1. The molecule has 0 unspecified atom stereocenters. The molecular formula is C10H8ClNS. The van der Waals surface area contributed by atoms with Crippen LogP contribution < -0.4 is 0 Å². The van der Waals surface area contributed by atoms with E-state index in [0.29, 0.717) is 5.03 Å². The van der Waals surface area contributed by atoms with Gasteiger partial charge in [0.15, 0.2) is 0 Å². The molecule has 0 saturated heterocycles. The Hall–Kier alpha value is -0.910. The van der Waals surface area contributed by atoms with Gasteiger partial charge in [0.05, 0.1) is 11.1 Å². The number of hydrogen-bond acceptors (Lipinski definition) is 2. The minimum Gasteiger partial charge on any atom is -0.193 e. The van der Waals surface area contributed by atoms with Crippen LogP contribution in [0.2, 0.25) is 0 Å². The first-order valence-electron chi connectivity index (χ1n) is 3.67. The SMILES string of the molecule is CSc1ccc(/C(Cl)=C/C#N)cc1. The Kier molecular flexibility index (Phi) is 3.88. The van der Waals surface area contributed by atoms with E-state index in [-0.39, 0.29) is 0 Å². The molecule has 1 aromatic rings. The minimum atomic E-state index is 0.482. The summed E-state index contributed by atoms with van der Waals surface area (Å²) in [5.41, 5.74) is 0.876. The molecule has 0 amide bonds. The van der Waals surface area contributed by atoms with Crippen LogP contribution in [0.5, 0.6) is 0 Å². The highest BCUT2D eigenvalue weighted by Gasteiger charge is 1.96. The number of benzene rings is 1. The zero-order valence-corrected chi connectivity index (χ0v) is 8.69. The van der Waals surface area contributed by atoms with Gasteiger partial charge in [0, 0.05) is 11.0 Å². The lowest BCUT2D eigenvalue weighted by atomic mass is 10.2. The molecule has 1 nitrogen and oxygen atoms in total. The van der Waals surface area contributed by atoms with Crippen molar-refractivity contribution in [2.75, 3.05) is 6.26 Å². The van der Waals surface area contributed by atoms with Crippen molar-refractivity contribution in [1.29, 1.82) is 5.26 Å². The zero-order valence-electron chi connectivity index (χ0n) is 7.12. The highest BCUT2D eigenvalue weighted by atomic mass is 35.5. The lowest BCUT2D eigenvalue weighted by Gasteiger charge is -1.99. The quantitative estimate of drug-likeness (QED) is 0.550. The molecule has 3 heteroatoms. The summed E-state index contributed by atoms with van der Waals surface area (Å²) in [4.78, 5) is 1.19. The van der Waals surface area contributed by atoms with Crippen LogP contribution >= 0.6 is 23.4 Å². The van der Waals surface area contributed by atoms with Crippen LogP contribution in [0.3, 0.4) is 0 Å². The van der Waals surface area contributed by atoms with E-state index in [1.807, 2.05) is 36.6 Å². The van der Waals surface area contributed by atoms with Crippen molar-refractivity contribution in [1.82, 2.24) is 0 Å². The molecule has 1 aromatic carbocycles.